The van der Waals surface area contributed by atoms with Crippen LogP contribution in [0.25, 0.3) is 0 Å². The van der Waals surface area contributed by atoms with Gasteiger partial charge in [0.15, 0.2) is 0 Å². The normalized spacial score (nSPS) is 28.2. The van der Waals surface area contributed by atoms with Crippen molar-refractivity contribution in [3.05, 3.63) is 49.6 Å². The van der Waals surface area contributed by atoms with Crippen molar-refractivity contribution < 1.29 is 33.3 Å². The molecule has 2 heterocycles. The maximum absolute atomic E-state index is 12.4. The topological polar surface area (TPSA) is 100 Å². The monoisotopic (exact) mass is 677 g/mol. The average Bonchev–Trinajstić information content (AvgIpc) is 3.81. The fraction of sp³-hybridized carbons (Fsp3) is 0.639. The molecular weight excluding hydrogens is 623 g/mol. The Bertz CT molecular complexity index is 1220. The number of fused-ring (bicyclic) bond motifs is 1. The van der Waals surface area contributed by atoms with Crippen LogP contribution in [0.5, 0.6) is 0 Å². The molecule has 10 heteroatoms. The minimum absolute atomic E-state index is 0.0741. The van der Waals surface area contributed by atoms with Crippen molar-refractivity contribution in [2.45, 2.75) is 84.6 Å². The van der Waals surface area contributed by atoms with Crippen molar-refractivity contribution in [2.24, 2.45) is 11.8 Å². The van der Waals surface area contributed by atoms with E-state index in [4.69, 9.17) is 18.9 Å². The first kappa shape index (κ1) is 36.4. The van der Waals surface area contributed by atoms with E-state index in [0.29, 0.717) is 11.4 Å². The summed E-state index contributed by atoms with van der Waals surface area (Å²) in [6.45, 7) is 13.6. The van der Waals surface area contributed by atoms with Gasteiger partial charge in [-0.05, 0) is 108 Å². The van der Waals surface area contributed by atoms with E-state index in [0.717, 1.165) is 35.7 Å². The van der Waals surface area contributed by atoms with Crippen LogP contribution in [0.4, 0.5) is 4.79 Å². The molecule has 3 aliphatic rings. The van der Waals surface area contributed by atoms with Gasteiger partial charge in [-0.25, -0.2) is 34.4 Å². The van der Waals surface area contributed by atoms with E-state index < -0.39 is 43.6 Å². The van der Waals surface area contributed by atoms with Gasteiger partial charge in [0.1, 0.15) is 25.4 Å². The number of benzene rings is 1. The van der Waals surface area contributed by atoms with E-state index in [9.17, 15) is 14.4 Å². The molecule has 46 heavy (non-hydrogen) atoms. The quantitative estimate of drug-likeness (QED) is 0.0554. The second-order valence-corrected chi connectivity index (χ2v) is 21.3. The molecule has 0 aromatic heterocycles. The summed E-state index contributed by atoms with van der Waals surface area (Å²) >= 11 is 0. The Morgan fingerprint density at radius 2 is 1.50 bits per heavy atom. The lowest BCUT2D eigenvalue weighted by Gasteiger charge is -2.44. The highest BCUT2D eigenvalue weighted by Crippen LogP contribution is 2.97. The molecule has 0 radical (unpaired) electrons. The fourth-order valence-electron chi connectivity index (χ4n) is 7.50. The van der Waals surface area contributed by atoms with Gasteiger partial charge in [0.25, 0.3) is 0 Å². The standard InChI is InChI=1S/C36H55NO7S2/c1-8-27-13-14-28(9-2)33(27)45(6,7)29-15-17-30(18-16-29)46-25-36(46,26-46)19-12-20-41-21-22-42-34(40)37-35(5,23-43-31(38)10-3)24-44-32(39)11-4/h10-11,15-18,27-28,33H,3-4,8-9,12-14,19-26H2,1-2,5-7H3,(H,37,40). The highest BCUT2D eigenvalue weighted by Gasteiger charge is 2.78. The fourth-order valence-corrected chi connectivity index (χ4v) is 16.0. The van der Waals surface area contributed by atoms with Crippen LogP contribution in [0.3, 0.4) is 0 Å². The molecule has 1 aromatic carbocycles. The van der Waals surface area contributed by atoms with Crippen molar-refractivity contribution in [3.63, 3.8) is 0 Å². The number of ether oxygens (including phenoxy) is 4. The summed E-state index contributed by atoms with van der Waals surface area (Å²) in [5.74, 6) is 3.16. The summed E-state index contributed by atoms with van der Waals surface area (Å²) in [5, 5.41) is 3.46. The summed E-state index contributed by atoms with van der Waals surface area (Å²) in [6, 6.07) is 9.91. The lowest BCUT2D eigenvalue weighted by molar-refractivity contribution is -0.144. The third-order valence-corrected chi connectivity index (χ3v) is 18.6. The number of hydrogen-bond acceptors (Lipinski definition) is 7. The first-order valence-corrected chi connectivity index (χ1v) is 21.1. The van der Waals surface area contributed by atoms with Gasteiger partial charge in [0.05, 0.1) is 6.61 Å². The SMILES string of the molecule is C=CC(=O)OCC(C)(COC(=O)C=C)NC(=O)OCCOCCCC12CS1(c1ccc(S(C)(C)C3C(CC)CCC3CC)cc1)C2. The maximum Gasteiger partial charge on any atom is 0.407 e. The Hall–Kier alpha value is -2.43. The third-order valence-electron chi connectivity index (χ3n) is 10.3. The number of rotatable bonds is 19. The van der Waals surface area contributed by atoms with E-state index in [1.54, 1.807) is 16.7 Å². The van der Waals surface area contributed by atoms with Crippen molar-refractivity contribution in [2.75, 3.05) is 57.1 Å². The number of alkyl carbamates (subject to hydrolysis) is 1. The first-order valence-electron chi connectivity index (χ1n) is 16.6. The minimum Gasteiger partial charge on any atom is -0.460 e. The van der Waals surface area contributed by atoms with Crippen LogP contribution in [0.15, 0.2) is 59.4 Å². The Morgan fingerprint density at radius 1 is 0.935 bits per heavy atom. The highest BCUT2D eigenvalue weighted by molar-refractivity contribution is 8.47. The van der Waals surface area contributed by atoms with Crippen molar-refractivity contribution in [1.29, 1.82) is 0 Å². The lowest BCUT2D eigenvalue weighted by Crippen LogP contribution is -2.53. The smallest absolute Gasteiger partial charge is 0.407 e. The zero-order valence-electron chi connectivity index (χ0n) is 28.5. The lowest BCUT2D eigenvalue weighted by atomic mass is 10.0. The Balaban J connectivity index is 1.16. The second-order valence-electron chi connectivity index (χ2n) is 13.8. The van der Waals surface area contributed by atoms with Gasteiger partial charge in [-0.3, -0.25) is 0 Å². The van der Waals surface area contributed by atoms with E-state index in [-0.39, 0.29) is 26.4 Å². The molecule has 0 bridgehead atoms. The van der Waals surface area contributed by atoms with Gasteiger partial charge in [0.2, 0.25) is 0 Å². The molecule has 1 aromatic rings. The molecule has 3 fully saturated rings. The molecular formula is C36H55NO7S2. The number of carbonyl (C=O) groups is 3. The van der Waals surface area contributed by atoms with Crippen LogP contribution < -0.4 is 5.32 Å². The summed E-state index contributed by atoms with van der Waals surface area (Å²) in [5.41, 5.74) is -1.19. The summed E-state index contributed by atoms with van der Waals surface area (Å²) in [7, 11) is -1.45. The molecule has 2 saturated heterocycles. The van der Waals surface area contributed by atoms with Crippen molar-refractivity contribution in [3.8, 4) is 0 Å². The molecule has 8 nitrogen and oxygen atoms in total. The average molecular weight is 678 g/mol. The number of nitrogens with one attached hydrogen (secondary N) is 1. The molecule has 2 unspecified atom stereocenters. The molecule has 1 saturated carbocycles. The zero-order chi connectivity index (χ0) is 33.6. The molecule has 1 N–H and O–H groups in total. The number of amides is 1. The van der Waals surface area contributed by atoms with Crippen LogP contribution in [-0.4, -0.2) is 90.6 Å². The second kappa shape index (κ2) is 15.2. The molecule has 2 atom stereocenters. The Kier molecular flexibility index (Phi) is 12.0. The van der Waals surface area contributed by atoms with Crippen molar-refractivity contribution in [1.82, 2.24) is 5.32 Å². The van der Waals surface area contributed by atoms with E-state index in [2.05, 4.69) is 69.1 Å². The molecule has 2 aliphatic heterocycles. The number of esters is 2. The molecule has 1 aliphatic carbocycles. The Labute approximate surface area is 279 Å². The van der Waals surface area contributed by atoms with Crippen LogP contribution >= 0.6 is 20.1 Å². The first-order chi connectivity index (χ1) is 21.9. The highest BCUT2D eigenvalue weighted by atomic mass is 32.3. The minimum atomic E-state index is -1.19. The van der Waals surface area contributed by atoms with Gasteiger partial charge >= 0.3 is 18.0 Å². The van der Waals surface area contributed by atoms with Crippen LogP contribution in [-0.2, 0) is 28.5 Å². The molecule has 0 spiro atoms. The summed E-state index contributed by atoms with van der Waals surface area (Å²) in [4.78, 5) is 38.6. The van der Waals surface area contributed by atoms with Crippen LogP contribution in [0, 0.1) is 11.8 Å². The Morgan fingerprint density at radius 3 is 2.02 bits per heavy atom. The number of carbonyl (C=O) groups excluding carboxylic acids is 3. The molecule has 1 amide bonds. The molecule has 4 rings (SSSR count). The predicted molar refractivity (Wildman–Crippen MR) is 188 cm³/mol. The summed E-state index contributed by atoms with van der Waals surface area (Å²) in [6.07, 6.45) is 14.0. The summed E-state index contributed by atoms with van der Waals surface area (Å²) < 4.78 is 21.6. The number of hydrogen-bond donors (Lipinski definition) is 1. The maximum atomic E-state index is 12.4. The van der Waals surface area contributed by atoms with Gasteiger partial charge in [-0.15, -0.1) is 0 Å². The van der Waals surface area contributed by atoms with E-state index in [1.807, 2.05) is 0 Å². The third kappa shape index (κ3) is 8.16. The molecule has 258 valence electrons. The van der Waals surface area contributed by atoms with E-state index >= 15 is 0 Å². The van der Waals surface area contributed by atoms with Crippen LogP contribution in [0.2, 0.25) is 0 Å². The van der Waals surface area contributed by atoms with Gasteiger partial charge in [0, 0.05) is 23.5 Å². The van der Waals surface area contributed by atoms with Gasteiger partial charge in [-0.1, -0.05) is 39.8 Å². The van der Waals surface area contributed by atoms with Gasteiger partial charge < -0.3 is 24.3 Å². The largest absolute Gasteiger partial charge is 0.460 e. The van der Waals surface area contributed by atoms with Gasteiger partial charge in [-0.2, -0.15) is 0 Å². The zero-order valence-corrected chi connectivity index (χ0v) is 30.1. The van der Waals surface area contributed by atoms with Crippen LogP contribution in [0.1, 0.15) is 59.3 Å². The van der Waals surface area contributed by atoms with Crippen molar-refractivity contribution >= 4 is 38.1 Å². The van der Waals surface area contributed by atoms with E-state index in [1.165, 1.54) is 43.6 Å². The predicted octanol–water partition coefficient (Wildman–Crippen LogP) is 6.99.